The molecular formula is C7H12N2. The molecule has 0 fully saturated rings. The summed E-state index contributed by atoms with van der Waals surface area (Å²) in [5.74, 6) is 0.465. The van der Waals surface area contributed by atoms with Crippen LogP contribution >= 0.6 is 0 Å². The fourth-order valence-corrected chi connectivity index (χ4v) is 0.257. The molecule has 0 unspecified atom stereocenters. The Morgan fingerprint density at radius 2 is 2.00 bits per heavy atom. The Morgan fingerprint density at radius 3 is 2.44 bits per heavy atom. The van der Waals surface area contributed by atoms with E-state index >= 15 is 0 Å². The zero-order chi connectivity index (χ0) is 7.11. The third kappa shape index (κ3) is 7.08. The van der Waals surface area contributed by atoms with Gasteiger partial charge in [0.15, 0.2) is 0 Å². The first-order valence-electron chi connectivity index (χ1n) is 2.95. The smallest absolute Gasteiger partial charge is 0.0489 e. The van der Waals surface area contributed by atoms with E-state index in [4.69, 9.17) is 0 Å². The molecule has 0 amide bonds. The summed E-state index contributed by atoms with van der Waals surface area (Å²) in [6.45, 7) is 7.55. The molecule has 9 heavy (non-hydrogen) atoms. The minimum atomic E-state index is 0.465. The van der Waals surface area contributed by atoms with Crippen molar-refractivity contribution in [2.45, 2.75) is 13.8 Å². The van der Waals surface area contributed by atoms with Gasteiger partial charge in [0.25, 0.3) is 0 Å². The minimum Gasteiger partial charge on any atom is -0.163 e. The van der Waals surface area contributed by atoms with Crippen LogP contribution in [0.2, 0.25) is 0 Å². The van der Waals surface area contributed by atoms with E-state index in [0.29, 0.717) is 5.92 Å². The monoisotopic (exact) mass is 124 g/mol. The molecular weight excluding hydrogens is 112 g/mol. The van der Waals surface area contributed by atoms with Crippen molar-refractivity contribution in [1.29, 1.82) is 0 Å². The molecule has 0 rings (SSSR count). The Morgan fingerprint density at radius 1 is 1.33 bits per heavy atom. The maximum atomic E-state index is 3.73. The van der Waals surface area contributed by atoms with Crippen LogP contribution in [0.4, 0.5) is 0 Å². The first-order valence-corrected chi connectivity index (χ1v) is 2.95. The molecule has 0 aliphatic carbocycles. The van der Waals surface area contributed by atoms with Crippen molar-refractivity contribution in [3.05, 3.63) is 12.7 Å². The van der Waals surface area contributed by atoms with Gasteiger partial charge in [-0.1, -0.05) is 20.4 Å². The minimum absolute atomic E-state index is 0.465. The maximum absolute atomic E-state index is 3.73. The molecule has 0 atom stereocenters. The van der Waals surface area contributed by atoms with Gasteiger partial charge in [-0.25, -0.2) is 0 Å². The van der Waals surface area contributed by atoms with E-state index in [1.165, 1.54) is 0 Å². The van der Waals surface area contributed by atoms with Crippen molar-refractivity contribution in [2.75, 3.05) is 0 Å². The molecule has 0 aliphatic heterocycles. The van der Waals surface area contributed by atoms with Gasteiger partial charge >= 0.3 is 0 Å². The Kier molecular flexibility index (Phi) is 4.69. The second-order valence-corrected chi connectivity index (χ2v) is 2.01. The van der Waals surface area contributed by atoms with Crippen molar-refractivity contribution >= 4 is 12.4 Å². The molecule has 0 aliphatic rings. The first kappa shape index (κ1) is 8.08. The van der Waals surface area contributed by atoms with Gasteiger partial charge in [-0.2, -0.15) is 10.2 Å². The van der Waals surface area contributed by atoms with Crippen molar-refractivity contribution < 1.29 is 0 Å². The summed E-state index contributed by atoms with van der Waals surface area (Å²) in [5.41, 5.74) is 0. The second-order valence-electron chi connectivity index (χ2n) is 2.01. The third-order valence-corrected chi connectivity index (χ3v) is 0.604. The highest BCUT2D eigenvalue weighted by molar-refractivity contribution is 5.71. The van der Waals surface area contributed by atoms with E-state index in [2.05, 4.69) is 16.8 Å². The van der Waals surface area contributed by atoms with Crippen LogP contribution < -0.4 is 0 Å². The molecule has 0 aromatic heterocycles. The predicted molar refractivity (Wildman–Crippen MR) is 42.0 cm³/mol. The SMILES string of the molecule is C=C/C=N\N=CC(C)C. The van der Waals surface area contributed by atoms with Crippen LogP contribution in [-0.4, -0.2) is 12.4 Å². The molecule has 0 radical (unpaired) electrons. The normalized spacial score (nSPS) is 11.9. The number of hydrogen-bond acceptors (Lipinski definition) is 2. The number of allylic oxidation sites excluding steroid dienone is 1. The van der Waals surface area contributed by atoms with Crippen LogP contribution in [0.15, 0.2) is 22.9 Å². The molecule has 50 valence electrons. The fraction of sp³-hybridized carbons (Fsp3) is 0.429. The molecule has 0 aromatic rings. The summed E-state index contributed by atoms with van der Waals surface area (Å²) >= 11 is 0. The zero-order valence-electron chi connectivity index (χ0n) is 5.91. The van der Waals surface area contributed by atoms with Crippen LogP contribution in [0.25, 0.3) is 0 Å². The lowest BCUT2D eigenvalue weighted by Gasteiger charge is -1.86. The molecule has 0 bridgehead atoms. The van der Waals surface area contributed by atoms with Crippen molar-refractivity contribution in [3.8, 4) is 0 Å². The molecule has 0 heterocycles. The highest BCUT2D eigenvalue weighted by atomic mass is 15.2. The Bertz CT molecular complexity index is 123. The maximum Gasteiger partial charge on any atom is 0.0489 e. The molecule has 0 saturated carbocycles. The van der Waals surface area contributed by atoms with Crippen LogP contribution in [0.1, 0.15) is 13.8 Å². The summed E-state index contributed by atoms with van der Waals surface area (Å²) in [6.07, 6.45) is 4.93. The van der Waals surface area contributed by atoms with E-state index in [1.807, 2.05) is 13.8 Å². The lowest BCUT2D eigenvalue weighted by molar-refractivity contribution is 0.900. The van der Waals surface area contributed by atoms with E-state index in [9.17, 15) is 0 Å². The number of hydrogen-bond donors (Lipinski definition) is 0. The molecule has 2 nitrogen and oxygen atoms in total. The van der Waals surface area contributed by atoms with Crippen molar-refractivity contribution in [2.24, 2.45) is 16.1 Å². The summed E-state index contributed by atoms with van der Waals surface area (Å²) in [5, 5.41) is 7.39. The average molecular weight is 124 g/mol. The highest BCUT2D eigenvalue weighted by Gasteiger charge is 1.80. The topological polar surface area (TPSA) is 24.7 Å². The molecule has 2 heteroatoms. The predicted octanol–water partition coefficient (Wildman–Crippen LogP) is 1.89. The molecule has 0 spiro atoms. The van der Waals surface area contributed by atoms with E-state index in [-0.39, 0.29) is 0 Å². The van der Waals surface area contributed by atoms with Gasteiger partial charge in [-0.15, -0.1) is 0 Å². The standard InChI is InChI=1S/C7H12N2/c1-4-5-8-9-6-7(2)3/h4-7H,1H2,2-3H3/b8-5-,9-6?. The van der Waals surface area contributed by atoms with Gasteiger partial charge in [0.05, 0.1) is 0 Å². The van der Waals surface area contributed by atoms with Gasteiger partial charge in [-0.05, 0) is 12.0 Å². The van der Waals surface area contributed by atoms with E-state index in [0.717, 1.165) is 0 Å². The van der Waals surface area contributed by atoms with Gasteiger partial charge in [0, 0.05) is 12.4 Å². The quantitative estimate of drug-likeness (QED) is 0.405. The first-order chi connectivity index (χ1) is 4.27. The summed E-state index contributed by atoms with van der Waals surface area (Å²) in [4.78, 5) is 0. The lowest BCUT2D eigenvalue weighted by atomic mass is 10.3. The number of nitrogens with zero attached hydrogens (tertiary/aromatic N) is 2. The Labute approximate surface area is 56.0 Å². The van der Waals surface area contributed by atoms with Crippen LogP contribution in [0.5, 0.6) is 0 Å². The fourth-order valence-electron chi connectivity index (χ4n) is 0.257. The Balaban J connectivity index is 3.46. The van der Waals surface area contributed by atoms with Crippen molar-refractivity contribution in [3.63, 3.8) is 0 Å². The highest BCUT2D eigenvalue weighted by Crippen LogP contribution is 1.84. The van der Waals surface area contributed by atoms with Gasteiger partial charge < -0.3 is 0 Å². The van der Waals surface area contributed by atoms with Crippen LogP contribution in [0.3, 0.4) is 0 Å². The van der Waals surface area contributed by atoms with E-state index < -0.39 is 0 Å². The van der Waals surface area contributed by atoms with Gasteiger partial charge in [0.1, 0.15) is 0 Å². The summed E-state index contributed by atoms with van der Waals surface area (Å²) < 4.78 is 0. The van der Waals surface area contributed by atoms with Crippen LogP contribution in [0, 0.1) is 5.92 Å². The second kappa shape index (κ2) is 5.22. The van der Waals surface area contributed by atoms with Crippen LogP contribution in [-0.2, 0) is 0 Å². The average Bonchev–Trinajstić information content (AvgIpc) is 1.80. The van der Waals surface area contributed by atoms with Crippen molar-refractivity contribution in [1.82, 2.24) is 0 Å². The van der Waals surface area contributed by atoms with Gasteiger partial charge in [-0.3, -0.25) is 0 Å². The lowest BCUT2D eigenvalue weighted by Crippen LogP contribution is -1.84. The summed E-state index contributed by atoms with van der Waals surface area (Å²) in [6, 6.07) is 0. The summed E-state index contributed by atoms with van der Waals surface area (Å²) in [7, 11) is 0. The zero-order valence-corrected chi connectivity index (χ0v) is 5.91. The number of rotatable bonds is 3. The van der Waals surface area contributed by atoms with Gasteiger partial charge in [0.2, 0.25) is 0 Å². The van der Waals surface area contributed by atoms with E-state index in [1.54, 1.807) is 18.5 Å². The molecule has 0 saturated heterocycles. The molecule has 0 N–H and O–H groups in total. The third-order valence-electron chi connectivity index (χ3n) is 0.604. The molecule has 0 aromatic carbocycles. The Hall–Kier alpha value is -0.920. The largest absolute Gasteiger partial charge is 0.163 e.